The van der Waals surface area contributed by atoms with E-state index in [9.17, 15) is 14.9 Å². The number of aromatic nitrogens is 1. The fourth-order valence-electron chi connectivity index (χ4n) is 3.40. The molecule has 0 saturated carbocycles. The van der Waals surface area contributed by atoms with Crippen LogP contribution in [0.15, 0.2) is 35.9 Å². The van der Waals surface area contributed by atoms with Gasteiger partial charge in [-0.15, -0.1) is 0 Å². The Hall–Kier alpha value is -3.33. The molecule has 1 aromatic heterocycles. The molecule has 1 N–H and O–H groups in total. The maximum Gasteiger partial charge on any atom is 0.269 e. The monoisotopic (exact) mass is 362 g/mol. The fraction of sp³-hybridized carbons (Fsp3) is 0.286. The summed E-state index contributed by atoms with van der Waals surface area (Å²) in [5, 5.41) is 12.3. The molecule has 0 atom stereocenters. The second kappa shape index (κ2) is 7.50. The van der Waals surface area contributed by atoms with E-state index < -0.39 is 5.91 Å². The van der Waals surface area contributed by atoms with Crippen molar-refractivity contribution < 1.29 is 9.59 Å². The summed E-state index contributed by atoms with van der Waals surface area (Å²) in [5.41, 5.74) is 4.14. The molecule has 3 rings (SSSR count). The van der Waals surface area contributed by atoms with Crippen molar-refractivity contribution in [2.24, 2.45) is 0 Å². The predicted molar refractivity (Wildman–Crippen MR) is 105 cm³/mol. The number of amides is 2. The van der Waals surface area contributed by atoms with E-state index in [0.717, 1.165) is 29.9 Å². The van der Waals surface area contributed by atoms with Gasteiger partial charge in [-0.1, -0.05) is 19.1 Å². The van der Waals surface area contributed by atoms with Crippen molar-refractivity contribution >= 4 is 29.3 Å². The summed E-state index contributed by atoms with van der Waals surface area (Å²) in [5.74, 6) is -0.749. The van der Waals surface area contributed by atoms with Crippen LogP contribution < -0.4 is 10.2 Å². The van der Waals surface area contributed by atoms with E-state index in [1.165, 1.54) is 4.90 Å². The van der Waals surface area contributed by atoms with Crippen molar-refractivity contribution in [2.75, 3.05) is 16.8 Å². The van der Waals surface area contributed by atoms with Gasteiger partial charge in [0.1, 0.15) is 18.2 Å². The van der Waals surface area contributed by atoms with Gasteiger partial charge < -0.3 is 9.88 Å². The first-order valence-corrected chi connectivity index (χ1v) is 8.95. The number of carbonyl (C=O) groups excluding carboxylic acids is 2. The summed E-state index contributed by atoms with van der Waals surface area (Å²) in [6, 6.07) is 11.1. The largest absolute Gasteiger partial charge is 0.349 e. The predicted octanol–water partition coefficient (Wildman–Crippen LogP) is 3.41. The first kappa shape index (κ1) is 18.5. The third-order valence-electron chi connectivity index (χ3n) is 4.73. The number of anilines is 2. The molecule has 0 radical (unpaired) electrons. The molecule has 0 spiro atoms. The molecule has 0 aliphatic carbocycles. The van der Waals surface area contributed by atoms with Gasteiger partial charge in [-0.2, -0.15) is 5.26 Å². The average molecular weight is 362 g/mol. The maximum absolute atomic E-state index is 13.0. The summed E-state index contributed by atoms with van der Waals surface area (Å²) in [4.78, 5) is 26.3. The van der Waals surface area contributed by atoms with Crippen LogP contribution in [0.4, 0.5) is 11.4 Å². The van der Waals surface area contributed by atoms with Crippen LogP contribution in [0.3, 0.4) is 0 Å². The average Bonchev–Trinajstić information content (AvgIpc) is 2.92. The molecular formula is C21H22N4O2. The Morgan fingerprint density at radius 2 is 2.07 bits per heavy atom. The van der Waals surface area contributed by atoms with Gasteiger partial charge >= 0.3 is 0 Å². The van der Waals surface area contributed by atoms with Crippen LogP contribution in [0.5, 0.6) is 0 Å². The van der Waals surface area contributed by atoms with Crippen LogP contribution in [0.25, 0.3) is 6.08 Å². The van der Waals surface area contributed by atoms with Crippen LogP contribution in [0, 0.1) is 25.2 Å². The van der Waals surface area contributed by atoms with E-state index >= 15 is 0 Å². The van der Waals surface area contributed by atoms with Crippen LogP contribution in [-0.4, -0.2) is 22.9 Å². The lowest BCUT2D eigenvalue weighted by Gasteiger charge is -2.28. The fourth-order valence-corrected chi connectivity index (χ4v) is 3.40. The summed E-state index contributed by atoms with van der Waals surface area (Å²) in [6.45, 7) is 6.89. The maximum atomic E-state index is 13.0. The molecule has 1 aliphatic rings. The quantitative estimate of drug-likeness (QED) is 0.669. The Bertz CT molecular complexity index is 979. The molecule has 27 heavy (non-hydrogen) atoms. The standard InChI is InChI=1S/C21H22N4O2/c1-4-9-24-14(2)10-16(15(24)3)11-17(12-22)21(27)25-13-20(26)23-18-7-5-6-8-19(18)25/h5-8,10-11H,4,9,13H2,1-3H3,(H,23,26)/b17-11-. The number of hydrogen-bond acceptors (Lipinski definition) is 3. The number of nitrogens with zero attached hydrogens (tertiary/aromatic N) is 3. The lowest BCUT2D eigenvalue weighted by atomic mass is 10.1. The van der Waals surface area contributed by atoms with E-state index in [4.69, 9.17) is 0 Å². The highest BCUT2D eigenvalue weighted by atomic mass is 16.2. The molecule has 2 amide bonds. The van der Waals surface area contributed by atoms with Crippen LogP contribution in [0.1, 0.15) is 30.3 Å². The van der Waals surface area contributed by atoms with Crippen LogP contribution >= 0.6 is 0 Å². The zero-order valence-electron chi connectivity index (χ0n) is 15.7. The van der Waals surface area contributed by atoms with Gasteiger partial charge in [-0.05, 0) is 50.1 Å². The number of aryl methyl sites for hydroxylation is 1. The second-order valence-corrected chi connectivity index (χ2v) is 6.60. The van der Waals surface area contributed by atoms with Gasteiger partial charge in [-0.25, -0.2) is 0 Å². The molecule has 2 aromatic rings. The van der Waals surface area contributed by atoms with Crippen LogP contribution in [-0.2, 0) is 16.1 Å². The topological polar surface area (TPSA) is 78.1 Å². The van der Waals surface area contributed by atoms with Gasteiger partial charge in [-0.3, -0.25) is 14.5 Å². The third-order valence-corrected chi connectivity index (χ3v) is 4.73. The summed E-state index contributed by atoms with van der Waals surface area (Å²) in [6.07, 6.45) is 2.62. The summed E-state index contributed by atoms with van der Waals surface area (Å²) < 4.78 is 2.18. The Labute approximate surface area is 158 Å². The van der Waals surface area contributed by atoms with Crippen molar-refractivity contribution in [2.45, 2.75) is 33.7 Å². The number of rotatable bonds is 4. The highest BCUT2D eigenvalue weighted by Gasteiger charge is 2.28. The molecule has 1 aromatic carbocycles. The molecule has 6 nitrogen and oxygen atoms in total. The lowest BCUT2D eigenvalue weighted by molar-refractivity contribution is -0.119. The molecule has 6 heteroatoms. The molecule has 2 heterocycles. The Kier molecular flexibility index (Phi) is 5.13. The SMILES string of the molecule is CCCn1c(C)cc(/C=C(/C#N)C(=O)N2CC(=O)Nc3ccccc32)c1C. The number of para-hydroxylation sites is 2. The zero-order chi connectivity index (χ0) is 19.6. The molecular weight excluding hydrogens is 340 g/mol. The second-order valence-electron chi connectivity index (χ2n) is 6.60. The third kappa shape index (κ3) is 3.49. The van der Waals surface area contributed by atoms with Crippen molar-refractivity contribution in [3.8, 4) is 6.07 Å². The smallest absolute Gasteiger partial charge is 0.269 e. The van der Waals surface area contributed by atoms with E-state index in [2.05, 4.69) is 16.8 Å². The van der Waals surface area contributed by atoms with Crippen molar-refractivity contribution in [3.63, 3.8) is 0 Å². The molecule has 0 bridgehead atoms. The normalized spacial score (nSPS) is 13.8. The van der Waals surface area contributed by atoms with Gasteiger partial charge in [0.25, 0.3) is 5.91 Å². The molecule has 0 unspecified atom stereocenters. The van der Waals surface area contributed by atoms with Crippen molar-refractivity contribution in [3.05, 3.63) is 52.9 Å². The first-order chi connectivity index (χ1) is 13.0. The van der Waals surface area contributed by atoms with Gasteiger partial charge in [0.2, 0.25) is 5.91 Å². The number of carbonyl (C=O) groups is 2. The number of nitrogens with one attached hydrogen (secondary N) is 1. The number of nitriles is 1. The Morgan fingerprint density at radius 3 is 2.78 bits per heavy atom. The minimum absolute atomic E-state index is 0.0104. The van der Waals surface area contributed by atoms with E-state index in [-0.39, 0.29) is 18.0 Å². The minimum Gasteiger partial charge on any atom is -0.349 e. The van der Waals surface area contributed by atoms with E-state index in [1.54, 1.807) is 30.3 Å². The zero-order valence-corrected chi connectivity index (χ0v) is 15.7. The first-order valence-electron chi connectivity index (χ1n) is 8.95. The Morgan fingerprint density at radius 1 is 1.33 bits per heavy atom. The lowest BCUT2D eigenvalue weighted by Crippen LogP contribution is -2.42. The van der Waals surface area contributed by atoms with Gasteiger partial charge in [0.05, 0.1) is 11.4 Å². The van der Waals surface area contributed by atoms with E-state index in [1.807, 2.05) is 26.0 Å². The highest BCUT2D eigenvalue weighted by molar-refractivity contribution is 6.17. The molecule has 0 fully saturated rings. The van der Waals surface area contributed by atoms with Gasteiger partial charge in [0, 0.05) is 17.9 Å². The highest BCUT2D eigenvalue weighted by Crippen LogP contribution is 2.30. The van der Waals surface area contributed by atoms with Crippen molar-refractivity contribution in [1.29, 1.82) is 5.26 Å². The van der Waals surface area contributed by atoms with Crippen LogP contribution in [0.2, 0.25) is 0 Å². The summed E-state index contributed by atoms with van der Waals surface area (Å²) >= 11 is 0. The van der Waals surface area contributed by atoms with Gasteiger partial charge in [0.15, 0.2) is 0 Å². The minimum atomic E-state index is -0.472. The van der Waals surface area contributed by atoms with E-state index in [0.29, 0.717) is 11.4 Å². The molecule has 1 aliphatic heterocycles. The number of benzene rings is 1. The summed E-state index contributed by atoms with van der Waals surface area (Å²) in [7, 11) is 0. The molecule has 138 valence electrons. The van der Waals surface area contributed by atoms with Crippen molar-refractivity contribution in [1.82, 2.24) is 4.57 Å². The molecule has 0 saturated heterocycles. The number of fused-ring (bicyclic) bond motifs is 1. The Balaban J connectivity index is 1.99. The number of hydrogen-bond donors (Lipinski definition) is 1.